The molecule has 1 unspecified atom stereocenters. The second-order valence-electron chi connectivity index (χ2n) is 5.33. The van der Waals surface area contributed by atoms with Gasteiger partial charge in [-0.05, 0) is 27.8 Å². The number of hydrogen-bond donors (Lipinski definition) is 2. The fraction of sp³-hybridized carbons (Fsp3) is 0.692. The van der Waals surface area contributed by atoms with E-state index in [4.69, 9.17) is 0 Å². The summed E-state index contributed by atoms with van der Waals surface area (Å²) in [6.07, 6.45) is 0. The fourth-order valence-corrected chi connectivity index (χ4v) is 3.84. The number of hydrogen-bond acceptors (Lipinski definition) is 5. The Morgan fingerprint density at radius 2 is 1.96 bits per heavy atom. The fourth-order valence-electron chi connectivity index (χ4n) is 2.21. The SMILES string of the molecule is CNCCN(C)C(=O)C(C)NS(=O)(=O)c1c(C)nn(C)c1C.Cl. The molecule has 0 fully saturated rings. The van der Waals surface area contributed by atoms with E-state index in [1.807, 2.05) is 0 Å². The standard InChI is InChI=1S/C13H25N5O3S.ClH/c1-9-12(11(3)18(6)15-9)22(20,21)16-10(2)13(19)17(5)8-7-14-4;/h10,14,16H,7-8H2,1-6H3;1H. The van der Waals surface area contributed by atoms with Gasteiger partial charge in [0.2, 0.25) is 15.9 Å². The second kappa shape index (κ2) is 8.62. The van der Waals surface area contributed by atoms with Gasteiger partial charge in [-0.2, -0.15) is 9.82 Å². The van der Waals surface area contributed by atoms with Crippen molar-refractivity contribution in [2.24, 2.45) is 7.05 Å². The van der Waals surface area contributed by atoms with Gasteiger partial charge in [0, 0.05) is 27.2 Å². The van der Waals surface area contributed by atoms with Crippen LogP contribution in [0.4, 0.5) is 0 Å². The minimum atomic E-state index is -3.80. The number of amides is 1. The molecule has 1 aromatic heterocycles. The first kappa shape index (κ1) is 21.8. The van der Waals surface area contributed by atoms with Gasteiger partial charge in [0.05, 0.1) is 17.4 Å². The summed E-state index contributed by atoms with van der Waals surface area (Å²) in [4.78, 5) is 13.8. The Morgan fingerprint density at radius 3 is 2.39 bits per heavy atom. The molecule has 8 nitrogen and oxygen atoms in total. The molecule has 134 valence electrons. The number of aryl methyl sites for hydroxylation is 2. The van der Waals surface area contributed by atoms with E-state index < -0.39 is 16.1 Å². The van der Waals surface area contributed by atoms with Crippen LogP contribution in [0.1, 0.15) is 18.3 Å². The summed E-state index contributed by atoms with van der Waals surface area (Å²) in [7, 11) is 1.32. The van der Waals surface area contributed by atoms with E-state index in [0.717, 1.165) is 0 Å². The number of likely N-dealkylation sites (N-methyl/N-ethyl adjacent to an activating group) is 2. The summed E-state index contributed by atoms with van der Waals surface area (Å²) in [6.45, 7) is 6.00. The highest BCUT2D eigenvalue weighted by molar-refractivity contribution is 7.89. The van der Waals surface area contributed by atoms with Gasteiger partial charge in [0.1, 0.15) is 4.90 Å². The molecule has 1 aromatic rings. The summed E-state index contributed by atoms with van der Waals surface area (Å²) in [5.41, 5.74) is 0.948. The lowest BCUT2D eigenvalue weighted by atomic mass is 10.3. The maximum absolute atomic E-state index is 12.5. The molecule has 0 saturated carbocycles. The Kier molecular flexibility index (Phi) is 8.19. The lowest BCUT2D eigenvalue weighted by molar-refractivity contribution is -0.131. The van der Waals surface area contributed by atoms with E-state index in [1.54, 1.807) is 35.0 Å². The molecule has 10 heteroatoms. The first-order chi connectivity index (χ1) is 10.1. The van der Waals surface area contributed by atoms with Gasteiger partial charge >= 0.3 is 0 Å². The van der Waals surface area contributed by atoms with Crippen molar-refractivity contribution >= 4 is 28.3 Å². The predicted molar refractivity (Wildman–Crippen MR) is 91.3 cm³/mol. The van der Waals surface area contributed by atoms with Crippen LogP contribution in [0.3, 0.4) is 0 Å². The van der Waals surface area contributed by atoms with Crippen molar-refractivity contribution in [3.63, 3.8) is 0 Å². The summed E-state index contributed by atoms with van der Waals surface area (Å²) < 4.78 is 28.9. The van der Waals surface area contributed by atoms with Crippen LogP contribution in [-0.2, 0) is 21.9 Å². The molecule has 0 aliphatic heterocycles. The second-order valence-corrected chi connectivity index (χ2v) is 6.98. The third kappa shape index (κ3) is 5.17. The maximum atomic E-state index is 12.5. The number of nitrogens with zero attached hydrogens (tertiary/aromatic N) is 3. The van der Waals surface area contributed by atoms with Gasteiger partial charge in [0.15, 0.2) is 0 Å². The molecular formula is C13H26ClN5O3S. The number of sulfonamides is 1. The Bertz CT molecular complexity index is 644. The first-order valence-electron chi connectivity index (χ1n) is 7.04. The van der Waals surface area contributed by atoms with E-state index in [1.165, 1.54) is 16.5 Å². The van der Waals surface area contributed by atoms with Crippen molar-refractivity contribution in [2.45, 2.75) is 31.7 Å². The Morgan fingerprint density at radius 1 is 1.39 bits per heavy atom. The number of nitrogens with one attached hydrogen (secondary N) is 2. The van der Waals surface area contributed by atoms with E-state index in [2.05, 4.69) is 15.1 Å². The van der Waals surface area contributed by atoms with E-state index >= 15 is 0 Å². The number of halogens is 1. The number of carbonyl (C=O) groups is 1. The van der Waals surface area contributed by atoms with Crippen LogP contribution in [0, 0.1) is 13.8 Å². The molecule has 0 saturated heterocycles. The van der Waals surface area contributed by atoms with Gasteiger partial charge in [-0.15, -0.1) is 12.4 Å². The normalized spacial score (nSPS) is 12.6. The van der Waals surface area contributed by atoms with Crippen LogP contribution >= 0.6 is 12.4 Å². The maximum Gasteiger partial charge on any atom is 0.244 e. The van der Waals surface area contributed by atoms with Crippen LogP contribution in [0.5, 0.6) is 0 Å². The summed E-state index contributed by atoms with van der Waals surface area (Å²) in [6, 6.07) is -0.842. The predicted octanol–water partition coefficient (Wildman–Crippen LogP) is -0.197. The number of aromatic nitrogens is 2. The molecule has 23 heavy (non-hydrogen) atoms. The lowest BCUT2D eigenvalue weighted by Gasteiger charge is -2.22. The number of rotatable bonds is 7. The molecule has 0 aromatic carbocycles. The van der Waals surface area contributed by atoms with Crippen molar-refractivity contribution < 1.29 is 13.2 Å². The number of carbonyl (C=O) groups excluding carboxylic acids is 1. The third-order valence-corrected chi connectivity index (χ3v) is 5.28. The molecule has 1 amide bonds. The van der Waals surface area contributed by atoms with Crippen molar-refractivity contribution in [3.05, 3.63) is 11.4 Å². The Labute approximate surface area is 144 Å². The zero-order valence-electron chi connectivity index (χ0n) is 14.4. The molecule has 0 bridgehead atoms. The Balaban J connectivity index is 0.00000484. The molecule has 0 spiro atoms. The minimum Gasteiger partial charge on any atom is -0.343 e. The van der Waals surface area contributed by atoms with E-state index in [9.17, 15) is 13.2 Å². The smallest absolute Gasteiger partial charge is 0.244 e. The average Bonchev–Trinajstić information content (AvgIpc) is 2.68. The largest absolute Gasteiger partial charge is 0.343 e. The van der Waals surface area contributed by atoms with Crippen LogP contribution in [-0.4, -0.2) is 62.2 Å². The molecule has 0 aliphatic carbocycles. The van der Waals surface area contributed by atoms with Crippen LogP contribution in [0.15, 0.2) is 4.90 Å². The molecule has 0 radical (unpaired) electrons. The minimum absolute atomic E-state index is 0. The van der Waals surface area contributed by atoms with E-state index in [-0.39, 0.29) is 23.2 Å². The highest BCUT2D eigenvalue weighted by atomic mass is 35.5. The molecular weight excluding hydrogens is 342 g/mol. The molecule has 1 rings (SSSR count). The van der Waals surface area contributed by atoms with Crippen molar-refractivity contribution in [1.29, 1.82) is 0 Å². The van der Waals surface area contributed by atoms with Gasteiger partial charge in [-0.25, -0.2) is 8.42 Å². The van der Waals surface area contributed by atoms with Gasteiger partial charge in [-0.1, -0.05) is 0 Å². The lowest BCUT2D eigenvalue weighted by Crippen LogP contribution is -2.46. The average molecular weight is 368 g/mol. The first-order valence-corrected chi connectivity index (χ1v) is 8.52. The molecule has 2 N–H and O–H groups in total. The highest BCUT2D eigenvalue weighted by Crippen LogP contribution is 2.18. The topological polar surface area (TPSA) is 96.3 Å². The molecule has 0 aliphatic rings. The van der Waals surface area contributed by atoms with Gasteiger partial charge < -0.3 is 10.2 Å². The van der Waals surface area contributed by atoms with Crippen LogP contribution < -0.4 is 10.0 Å². The molecule has 1 atom stereocenters. The zero-order valence-corrected chi connectivity index (χ0v) is 16.0. The van der Waals surface area contributed by atoms with Crippen LogP contribution in [0.25, 0.3) is 0 Å². The van der Waals surface area contributed by atoms with Crippen molar-refractivity contribution in [3.8, 4) is 0 Å². The zero-order chi connectivity index (χ0) is 17.1. The summed E-state index contributed by atoms with van der Waals surface area (Å²) in [5, 5.41) is 7.04. The molecule has 1 heterocycles. The summed E-state index contributed by atoms with van der Waals surface area (Å²) >= 11 is 0. The van der Waals surface area contributed by atoms with Crippen molar-refractivity contribution in [1.82, 2.24) is 24.7 Å². The third-order valence-electron chi connectivity index (χ3n) is 3.49. The van der Waals surface area contributed by atoms with Gasteiger partial charge in [-0.3, -0.25) is 9.48 Å². The van der Waals surface area contributed by atoms with E-state index in [0.29, 0.717) is 24.5 Å². The highest BCUT2D eigenvalue weighted by Gasteiger charge is 2.28. The summed E-state index contributed by atoms with van der Waals surface area (Å²) in [5.74, 6) is -0.280. The van der Waals surface area contributed by atoms with Crippen LogP contribution in [0.2, 0.25) is 0 Å². The Hall–Kier alpha value is -1.16. The monoisotopic (exact) mass is 367 g/mol. The van der Waals surface area contributed by atoms with Crippen molar-refractivity contribution in [2.75, 3.05) is 27.2 Å². The quantitative estimate of drug-likeness (QED) is 0.696. The van der Waals surface area contributed by atoms with Gasteiger partial charge in [0.25, 0.3) is 0 Å².